The number of alkyl halides is 3. The van der Waals surface area contributed by atoms with Gasteiger partial charge in [-0.2, -0.15) is 13.2 Å². The van der Waals surface area contributed by atoms with Crippen LogP contribution < -0.4 is 5.32 Å². The van der Waals surface area contributed by atoms with Gasteiger partial charge in [0.2, 0.25) is 0 Å². The number of pyridine rings is 1. The number of hydrogen-bond donors (Lipinski definition) is 1. The monoisotopic (exact) mass is 347 g/mol. The Morgan fingerprint density at radius 3 is 2.60 bits per heavy atom. The molecule has 2 heterocycles. The molecule has 0 saturated carbocycles. The normalized spacial score (nSPS) is 11.7. The standard InChI is InChI=1S/C18H16F3N3O/c1-12-7-9-24-11-15(23-16(24)10-12)17(25)22-8-6-13-2-4-14(5-3-13)18(19,20)21/h2-5,7,9-11H,6,8H2,1H3,(H,22,25). The summed E-state index contributed by atoms with van der Waals surface area (Å²) in [6, 6.07) is 8.72. The van der Waals surface area contributed by atoms with Crippen LogP contribution in [0.1, 0.15) is 27.2 Å². The first-order valence-corrected chi connectivity index (χ1v) is 7.72. The van der Waals surface area contributed by atoms with Crippen molar-refractivity contribution in [3.05, 3.63) is 71.2 Å². The SMILES string of the molecule is Cc1ccn2cc(C(=O)NCCc3ccc(C(F)(F)F)cc3)nc2c1. The second kappa shape index (κ2) is 6.58. The maximum Gasteiger partial charge on any atom is 0.416 e. The lowest BCUT2D eigenvalue weighted by Gasteiger charge is -2.08. The molecule has 0 aliphatic rings. The lowest BCUT2D eigenvalue weighted by atomic mass is 10.1. The van der Waals surface area contributed by atoms with Crippen molar-refractivity contribution in [2.75, 3.05) is 6.54 Å². The van der Waals surface area contributed by atoms with E-state index in [0.717, 1.165) is 23.3 Å². The molecular weight excluding hydrogens is 331 g/mol. The first-order chi connectivity index (χ1) is 11.8. The van der Waals surface area contributed by atoms with Gasteiger partial charge < -0.3 is 9.72 Å². The summed E-state index contributed by atoms with van der Waals surface area (Å²) in [5.41, 5.74) is 2.08. The first kappa shape index (κ1) is 17.0. The number of aryl methyl sites for hydroxylation is 1. The molecule has 1 amide bonds. The molecule has 3 aromatic rings. The number of hydrogen-bond acceptors (Lipinski definition) is 2. The molecule has 0 aliphatic carbocycles. The predicted octanol–water partition coefficient (Wildman–Crippen LogP) is 3.63. The smallest absolute Gasteiger partial charge is 0.350 e. The number of nitrogens with zero attached hydrogens (tertiary/aromatic N) is 2. The van der Waals surface area contributed by atoms with E-state index in [1.165, 1.54) is 12.1 Å². The van der Waals surface area contributed by atoms with E-state index in [9.17, 15) is 18.0 Å². The van der Waals surface area contributed by atoms with Crippen LogP contribution in [0.2, 0.25) is 0 Å². The Bertz CT molecular complexity index is 898. The van der Waals surface area contributed by atoms with E-state index in [1.807, 2.05) is 25.3 Å². The highest BCUT2D eigenvalue weighted by Crippen LogP contribution is 2.29. The van der Waals surface area contributed by atoms with E-state index in [2.05, 4.69) is 10.3 Å². The van der Waals surface area contributed by atoms with Gasteiger partial charge in [-0.05, 0) is 48.7 Å². The number of carbonyl (C=O) groups is 1. The summed E-state index contributed by atoms with van der Waals surface area (Å²) in [7, 11) is 0. The van der Waals surface area contributed by atoms with Gasteiger partial charge in [-0.1, -0.05) is 12.1 Å². The van der Waals surface area contributed by atoms with Gasteiger partial charge in [-0.25, -0.2) is 4.98 Å². The Labute approximate surface area is 142 Å². The van der Waals surface area contributed by atoms with Gasteiger partial charge in [0.05, 0.1) is 5.56 Å². The van der Waals surface area contributed by atoms with Gasteiger partial charge in [0.15, 0.2) is 0 Å². The van der Waals surface area contributed by atoms with Gasteiger partial charge >= 0.3 is 6.18 Å². The predicted molar refractivity (Wildman–Crippen MR) is 87.4 cm³/mol. The molecule has 1 N–H and O–H groups in total. The van der Waals surface area contributed by atoms with Crippen LogP contribution in [0, 0.1) is 6.92 Å². The second-order valence-electron chi connectivity index (χ2n) is 5.80. The molecule has 0 radical (unpaired) electrons. The van der Waals surface area contributed by atoms with E-state index in [4.69, 9.17) is 0 Å². The van der Waals surface area contributed by atoms with Gasteiger partial charge in [-0.3, -0.25) is 4.79 Å². The lowest BCUT2D eigenvalue weighted by molar-refractivity contribution is -0.137. The summed E-state index contributed by atoms with van der Waals surface area (Å²) < 4.78 is 39.3. The molecule has 130 valence electrons. The van der Waals surface area contributed by atoms with Crippen LogP contribution in [0.15, 0.2) is 48.8 Å². The average molecular weight is 347 g/mol. The summed E-state index contributed by atoms with van der Waals surface area (Å²) in [5, 5.41) is 2.73. The fourth-order valence-corrected chi connectivity index (χ4v) is 2.46. The largest absolute Gasteiger partial charge is 0.416 e. The number of rotatable bonds is 4. The van der Waals surface area contributed by atoms with Crippen molar-refractivity contribution in [3.63, 3.8) is 0 Å². The minimum Gasteiger partial charge on any atom is -0.350 e. The van der Waals surface area contributed by atoms with Crippen molar-refractivity contribution in [1.29, 1.82) is 0 Å². The lowest BCUT2D eigenvalue weighted by Crippen LogP contribution is -2.26. The number of amides is 1. The molecule has 7 heteroatoms. The molecule has 0 aliphatic heterocycles. The molecule has 2 aromatic heterocycles. The van der Waals surface area contributed by atoms with E-state index in [0.29, 0.717) is 24.3 Å². The van der Waals surface area contributed by atoms with Crippen molar-refractivity contribution >= 4 is 11.6 Å². The van der Waals surface area contributed by atoms with E-state index >= 15 is 0 Å². The van der Waals surface area contributed by atoms with Crippen molar-refractivity contribution in [3.8, 4) is 0 Å². The summed E-state index contributed by atoms with van der Waals surface area (Å²) in [5.74, 6) is -0.312. The van der Waals surface area contributed by atoms with Crippen LogP contribution in [0.25, 0.3) is 5.65 Å². The number of benzene rings is 1. The Balaban J connectivity index is 1.58. The molecule has 0 atom stereocenters. The molecule has 4 nitrogen and oxygen atoms in total. The van der Waals surface area contributed by atoms with Crippen molar-refractivity contribution in [2.45, 2.75) is 19.5 Å². The van der Waals surface area contributed by atoms with Crippen molar-refractivity contribution in [1.82, 2.24) is 14.7 Å². The van der Waals surface area contributed by atoms with E-state index in [-0.39, 0.29) is 5.91 Å². The van der Waals surface area contributed by atoms with Crippen LogP contribution in [-0.2, 0) is 12.6 Å². The van der Waals surface area contributed by atoms with Gasteiger partial charge in [-0.15, -0.1) is 0 Å². The Morgan fingerprint density at radius 2 is 1.92 bits per heavy atom. The highest BCUT2D eigenvalue weighted by molar-refractivity contribution is 5.92. The molecule has 1 aromatic carbocycles. The van der Waals surface area contributed by atoms with Crippen LogP contribution in [0.3, 0.4) is 0 Å². The number of imidazole rings is 1. The van der Waals surface area contributed by atoms with E-state index in [1.54, 1.807) is 10.6 Å². The maximum atomic E-state index is 12.5. The Kier molecular flexibility index (Phi) is 4.48. The minimum absolute atomic E-state index is 0.304. The number of nitrogens with one attached hydrogen (secondary N) is 1. The van der Waals surface area contributed by atoms with Crippen LogP contribution in [0.4, 0.5) is 13.2 Å². The van der Waals surface area contributed by atoms with Crippen LogP contribution in [-0.4, -0.2) is 21.8 Å². The van der Waals surface area contributed by atoms with Gasteiger partial charge in [0, 0.05) is 18.9 Å². The molecule has 0 fully saturated rings. The third-order valence-corrected chi connectivity index (χ3v) is 3.83. The third-order valence-electron chi connectivity index (χ3n) is 3.83. The zero-order valence-electron chi connectivity index (χ0n) is 13.5. The summed E-state index contributed by atoms with van der Waals surface area (Å²) >= 11 is 0. The van der Waals surface area contributed by atoms with Crippen molar-refractivity contribution in [2.24, 2.45) is 0 Å². The first-order valence-electron chi connectivity index (χ1n) is 7.72. The second-order valence-corrected chi connectivity index (χ2v) is 5.80. The number of halogens is 3. The molecule has 0 unspecified atom stereocenters. The average Bonchev–Trinajstić information content (AvgIpc) is 2.97. The fraction of sp³-hybridized carbons (Fsp3) is 0.222. The van der Waals surface area contributed by atoms with Crippen LogP contribution >= 0.6 is 0 Å². The molecule has 25 heavy (non-hydrogen) atoms. The molecule has 0 bridgehead atoms. The van der Waals surface area contributed by atoms with Gasteiger partial charge in [0.1, 0.15) is 11.3 Å². The van der Waals surface area contributed by atoms with Gasteiger partial charge in [0.25, 0.3) is 5.91 Å². The number of aromatic nitrogens is 2. The van der Waals surface area contributed by atoms with Crippen LogP contribution in [0.5, 0.6) is 0 Å². The fourth-order valence-electron chi connectivity index (χ4n) is 2.46. The topological polar surface area (TPSA) is 46.4 Å². The highest BCUT2D eigenvalue weighted by Gasteiger charge is 2.29. The molecule has 0 saturated heterocycles. The summed E-state index contributed by atoms with van der Waals surface area (Å²) in [6.07, 6.45) is -0.427. The maximum absolute atomic E-state index is 12.5. The molecular formula is C18H16F3N3O. The Morgan fingerprint density at radius 1 is 1.20 bits per heavy atom. The summed E-state index contributed by atoms with van der Waals surface area (Å²) in [6.45, 7) is 2.26. The summed E-state index contributed by atoms with van der Waals surface area (Å²) in [4.78, 5) is 16.4. The quantitative estimate of drug-likeness (QED) is 0.783. The Hall–Kier alpha value is -2.83. The number of carbonyl (C=O) groups excluding carboxylic acids is 1. The zero-order valence-corrected chi connectivity index (χ0v) is 13.5. The molecule has 0 spiro atoms. The highest BCUT2D eigenvalue weighted by atomic mass is 19.4. The minimum atomic E-state index is -4.34. The third kappa shape index (κ3) is 3.99. The van der Waals surface area contributed by atoms with E-state index < -0.39 is 11.7 Å². The van der Waals surface area contributed by atoms with Crippen molar-refractivity contribution < 1.29 is 18.0 Å². The molecule has 3 rings (SSSR count). The number of fused-ring (bicyclic) bond motifs is 1. The zero-order chi connectivity index (χ0) is 18.0.